The van der Waals surface area contributed by atoms with E-state index in [2.05, 4.69) is 55.0 Å². The molecule has 68 heavy (non-hydrogen) atoms. The molecule has 0 spiro atoms. The quantitative estimate of drug-likeness (QED) is 0.0564. The maximum absolute atomic E-state index is 14.0. The number of aromatic nitrogens is 2. The number of anilines is 3. The molecule has 3 aromatic heterocycles. The number of allylic oxidation sites excluding steroid dienone is 1. The third kappa shape index (κ3) is 10.9. The Morgan fingerprint density at radius 2 is 1.82 bits per heavy atom. The Balaban J connectivity index is 0.909. The van der Waals surface area contributed by atoms with Crippen molar-refractivity contribution < 1.29 is 37.1 Å². The average molecular weight is 961 g/mol. The fourth-order valence-electron chi connectivity index (χ4n) is 8.73. The lowest BCUT2D eigenvalue weighted by Crippen LogP contribution is -2.47. The number of carbonyl (C=O) groups is 2. The van der Waals surface area contributed by atoms with E-state index in [1.54, 1.807) is 47.9 Å². The van der Waals surface area contributed by atoms with Crippen LogP contribution >= 0.6 is 11.3 Å². The molecule has 3 aromatic carbocycles. The number of fused-ring (bicyclic) bond motifs is 1. The van der Waals surface area contributed by atoms with Crippen LogP contribution in [0.2, 0.25) is 0 Å². The second kappa shape index (κ2) is 19.9. The molecule has 0 radical (unpaired) electrons. The van der Waals surface area contributed by atoms with Gasteiger partial charge in [-0.05, 0) is 84.8 Å². The van der Waals surface area contributed by atoms with Crippen molar-refractivity contribution in [1.82, 2.24) is 19.6 Å². The van der Waals surface area contributed by atoms with E-state index >= 15 is 0 Å². The number of carbonyl (C=O) groups excluding carboxylic acids is 2. The van der Waals surface area contributed by atoms with Crippen LogP contribution in [0.1, 0.15) is 58.7 Å². The highest BCUT2D eigenvalue weighted by molar-refractivity contribution is 7.90. The number of nitrogens with one attached hydrogen (secondary N) is 4. The summed E-state index contributed by atoms with van der Waals surface area (Å²) < 4.78 is 46.8. The van der Waals surface area contributed by atoms with E-state index < -0.39 is 31.4 Å². The Labute approximate surface area is 397 Å². The highest BCUT2D eigenvalue weighted by atomic mass is 32.2. The maximum Gasteiger partial charge on any atom is 0.293 e. The molecule has 19 heteroatoms. The Bertz CT molecular complexity index is 2980. The van der Waals surface area contributed by atoms with E-state index in [0.717, 1.165) is 61.7 Å². The van der Waals surface area contributed by atoms with E-state index in [1.165, 1.54) is 40.4 Å². The van der Waals surface area contributed by atoms with Crippen LogP contribution in [0, 0.1) is 15.5 Å². The molecule has 6 aromatic rings. The largest absolute Gasteiger partial charge is 0.455 e. The Hall–Kier alpha value is -6.64. The van der Waals surface area contributed by atoms with Crippen molar-refractivity contribution in [2.24, 2.45) is 5.41 Å². The molecule has 1 aliphatic carbocycles. The predicted octanol–water partition coefficient (Wildman–Crippen LogP) is 8.31. The fraction of sp³-hybridized carbons (Fsp3) is 0.327. The summed E-state index contributed by atoms with van der Waals surface area (Å²) >= 11 is 1.66. The van der Waals surface area contributed by atoms with Gasteiger partial charge in [0.25, 0.3) is 27.5 Å². The maximum atomic E-state index is 14.0. The second-order valence-electron chi connectivity index (χ2n) is 17.9. The van der Waals surface area contributed by atoms with Gasteiger partial charge in [0.15, 0.2) is 0 Å². The number of ether oxygens (including phenoxy) is 3. The number of amides is 2. The number of aromatic amines is 1. The van der Waals surface area contributed by atoms with Crippen molar-refractivity contribution in [3.8, 4) is 11.5 Å². The van der Waals surface area contributed by atoms with Crippen molar-refractivity contribution in [2.75, 3.05) is 74.6 Å². The standard InChI is InChI=1S/C49H52N8O9S2/c1-49(2)14-12-34(41(26-49)45-23-35(31-67-45)53-47(58)32-6-4-3-5-7-32)29-55-16-18-56(19-17-55)36-8-10-40(44(24-36)66-37-22-33-13-15-50-46(33)52-27-37)48(59)54-68(62,63)39-9-11-42(43(25-39)57(60)61)51-28-38-30-64-20-21-65-38/h3-11,13,15,22-25,27,31,38,51H,12,14,16-21,26,28-30H2,1-2H3,(H,50,52)(H,53,58)(H,54,59). The van der Waals surface area contributed by atoms with E-state index in [1.807, 2.05) is 29.6 Å². The molecule has 1 unspecified atom stereocenters. The van der Waals surface area contributed by atoms with E-state index in [-0.39, 0.29) is 41.0 Å². The topological polar surface area (TPSA) is 210 Å². The molecule has 2 aliphatic heterocycles. The normalized spacial score (nSPS) is 17.7. The third-order valence-corrected chi connectivity index (χ3v) is 14.8. The number of sulfonamides is 1. The third-order valence-electron chi connectivity index (χ3n) is 12.4. The highest BCUT2D eigenvalue weighted by Crippen LogP contribution is 2.45. The lowest BCUT2D eigenvalue weighted by atomic mass is 9.74. The summed E-state index contributed by atoms with van der Waals surface area (Å²) in [6.45, 7) is 9.75. The van der Waals surface area contributed by atoms with Crippen LogP contribution in [0.15, 0.2) is 113 Å². The van der Waals surface area contributed by atoms with Gasteiger partial charge in [0.05, 0.1) is 53.2 Å². The van der Waals surface area contributed by atoms with Crippen molar-refractivity contribution in [3.05, 3.63) is 134 Å². The number of hydrogen-bond donors (Lipinski definition) is 4. The molecule has 17 nitrogen and oxygen atoms in total. The van der Waals surface area contributed by atoms with Crippen LogP contribution in [-0.4, -0.2) is 105 Å². The number of benzene rings is 3. The minimum Gasteiger partial charge on any atom is -0.455 e. The number of piperazine rings is 1. The van der Waals surface area contributed by atoms with Crippen LogP contribution < -0.4 is 25.0 Å². The number of pyridine rings is 1. The number of thiophene rings is 1. The molecule has 0 saturated carbocycles. The Kier molecular flexibility index (Phi) is 13.6. The summed E-state index contributed by atoms with van der Waals surface area (Å²) in [5, 5.41) is 20.9. The zero-order valence-corrected chi connectivity index (χ0v) is 39.3. The fourth-order valence-corrected chi connectivity index (χ4v) is 10.7. The van der Waals surface area contributed by atoms with Gasteiger partial charge in [-0.3, -0.25) is 24.6 Å². The summed E-state index contributed by atoms with van der Waals surface area (Å²) in [5.74, 6) is -0.688. The first-order valence-corrected chi connectivity index (χ1v) is 24.8. The minimum absolute atomic E-state index is 0.0660. The zero-order valence-electron chi connectivity index (χ0n) is 37.7. The summed E-state index contributed by atoms with van der Waals surface area (Å²) in [6.07, 6.45) is 5.95. The number of H-pyrrole nitrogens is 1. The highest BCUT2D eigenvalue weighted by Gasteiger charge is 2.31. The summed E-state index contributed by atoms with van der Waals surface area (Å²) in [5.41, 5.74) is 5.28. The predicted molar refractivity (Wildman–Crippen MR) is 261 cm³/mol. The SMILES string of the molecule is CC1(C)CCC(CN2CCN(c3ccc(C(=O)NS(=O)(=O)c4ccc(NCC5COCCO5)c([N+](=O)[O-])c4)c(Oc4cnc5[nH]ccc5c4)c3)CC2)=C(c2cc(NC(=O)c3ccccc3)cs2)C1. The summed E-state index contributed by atoms with van der Waals surface area (Å²) in [6, 6.07) is 23.3. The summed E-state index contributed by atoms with van der Waals surface area (Å²) in [7, 11) is -4.60. The van der Waals surface area contributed by atoms with Gasteiger partial charge in [-0.1, -0.05) is 37.6 Å². The monoisotopic (exact) mass is 960 g/mol. The average Bonchev–Trinajstić information content (AvgIpc) is 4.02. The number of nitro groups is 1. The number of hydrogen-bond acceptors (Lipinski definition) is 14. The molecule has 5 heterocycles. The lowest BCUT2D eigenvalue weighted by molar-refractivity contribution is -0.384. The molecule has 1 atom stereocenters. The van der Waals surface area contributed by atoms with Crippen LogP contribution in [0.4, 0.5) is 22.7 Å². The molecule has 354 valence electrons. The molecular formula is C49H52N8O9S2. The molecule has 9 rings (SSSR count). The van der Waals surface area contributed by atoms with Gasteiger partial charge in [0.1, 0.15) is 22.8 Å². The van der Waals surface area contributed by atoms with Gasteiger partial charge in [0.2, 0.25) is 0 Å². The zero-order chi connectivity index (χ0) is 47.4. The van der Waals surface area contributed by atoms with E-state index in [9.17, 15) is 28.1 Å². The first-order chi connectivity index (χ1) is 32.8. The molecule has 2 fully saturated rings. The smallest absolute Gasteiger partial charge is 0.293 e. The Morgan fingerprint density at radius 3 is 2.60 bits per heavy atom. The van der Waals surface area contributed by atoms with Crippen LogP contribution in [0.3, 0.4) is 0 Å². The van der Waals surface area contributed by atoms with Crippen molar-refractivity contribution in [1.29, 1.82) is 0 Å². The molecular weight excluding hydrogens is 909 g/mol. The van der Waals surface area contributed by atoms with Gasteiger partial charge in [-0.25, -0.2) is 18.1 Å². The minimum atomic E-state index is -4.60. The van der Waals surface area contributed by atoms with Crippen LogP contribution in [-0.2, 0) is 19.5 Å². The molecule has 3 aliphatic rings. The lowest BCUT2D eigenvalue weighted by Gasteiger charge is -2.39. The molecule has 2 amide bonds. The summed E-state index contributed by atoms with van der Waals surface area (Å²) in [4.78, 5) is 51.1. The molecule has 0 bridgehead atoms. The van der Waals surface area contributed by atoms with Crippen molar-refractivity contribution in [3.63, 3.8) is 0 Å². The number of rotatable bonds is 15. The van der Waals surface area contributed by atoms with Crippen molar-refractivity contribution >= 4 is 72.5 Å². The van der Waals surface area contributed by atoms with Crippen LogP contribution in [0.5, 0.6) is 11.5 Å². The van der Waals surface area contributed by atoms with Crippen LogP contribution in [0.25, 0.3) is 16.6 Å². The Morgan fingerprint density at radius 1 is 1.00 bits per heavy atom. The number of nitro benzene ring substituents is 1. The molecule has 4 N–H and O–H groups in total. The van der Waals surface area contributed by atoms with Gasteiger partial charge in [0, 0.05) is 84.5 Å². The van der Waals surface area contributed by atoms with E-state index in [4.69, 9.17) is 14.2 Å². The second-order valence-corrected chi connectivity index (χ2v) is 20.5. The first kappa shape index (κ1) is 46.5. The van der Waals surface area contributed by atoms with E-state index in [0.29, 0.717) is 49.9 Å². The van der Waals surface area contributed by atoms with Gasteiger partial charge >= 0.3 is 0 Å². The van der Waals surface area contributed by atoms with Gasteiger partial charge in [-0.15, -0.1) is 11.3 Å². The van der Waals surface area contributed by atoms with Gasteiger partial charge in [-0.2, -0.15) is 0 Å². The number of nitrogens with zero attached hydrogens (tertiary/aromatic N) is 4. The molecule has 2 saturated heterocycles. The first-order valence-electron chi connectivity index (χ1n) is 22.4. The van der Waals surface area contributed by atoms with Gasteiger partial charge < -0.3 is 34.7 Å². The van der Waals surface area contributed by atoms with Crippen molar-refractivity contribution in [2.45, 2.75) is 44.1 Å².